The van der Waals surface area contributed by atoms with E-state index in [4.69, 9.17) is 0 Å². The summed E-state index contributed by atoms with van der Waals surface area (Å²) in [7, 11) is -2.56. The van der Waals surface area contributed by atoms with Crippen molar-refractivity contribution in [2.45, 2.75) is 5.51 Å². The van der Waals surface area contributed by atoms with Crippen LogP contribution in [0.15, 0.2) is 0 Å². The van der Waals surface area contributed by atoms with Gasteiger partial charge in [0.05, 0.1) is 0 Å². The van der Waals surface area contributed by atoms with E-state index in [-0.39, 0.29) is 17.1 Å². The van der Waals surface area contributed by atoms with Crippen LogP contribution in [-0.4, -0.2) is 10.1 Å². The van der Waals surface area contributed by atoms with E-state index in [1.165, 1.54) is 0 Å². The van der Waals surface area contributed by atoms with E-state index in [0.29, 0.717) is 0 Å². The van der Waals surface area contributed by atoms with E-state index in [2.05, 4.69) is 0 Å². The second-order valence-electron chi connectivity index (χ2n) is 0.791. The Kier molecular flexibility index (Phi) is 2.57. The molecule has 0 aliphatic carbocycles. The fourth-order valence-corrected chi connectivity index (χ4v) is 0. The topological polar surface area (TPSA) is 23.1 Å². The SMILES string of the molecule is [O-][S+]([Zn])C(F)(F)F. The van der Waals surface area contributed by atoms with Crippen LogP contribution in [0.5, 0.6) is 0 Å². The predicted octanol–water partition coefficient (Wildman–Crippen LogP) is 0.717. The van der Waals surface area contributed by atoms with Crippen LogP contribution in [0.3, 0.4) is 0 Å². The molecule has 0 radical (unpaired) electrons. The summed E-state index contributed by atoms with van der Waals surface area (Å²) < 4.78 is 42.2. The van der Waals surface area contributed by atoms with Gasteiger partial charge in [-0.15, -0.1) is 0 Å². The summed E-state index contributed by atoms with van der Waals surface area (Å²) in [6.07, 6.45) is 0. The average molecular weight is 182 g/mol. The van der Waals surface area contributed by atoms with E-state index in [9.17, 15) is 17.7 Å². The molecule has 1 unspecified atom stereocenters. The van der Waals surface area contributed by atoms with E-state index in [1.54, 1.807) is 0 Å². The Morgan fingerprint density at radius 2 is 1.57 bits per heavy atom. The Morgan fingerprint density at radius 1 is 1.43 bits per heavy atom. The molecule has 0 heterocycles. The van der Waals surface area contributed by atoms with Crippen LogP contribution >= 0.6 is 0 Å². The standard InChI is InChI=1S/CHF3OS.Zn/c2-1(3,4)6-5;/h5H;/q;+1/p-1. The van der Waals surface area contributed by atoms with Gasteiger partial charge in [0.15, 0.2) is 0 Å². The molecule has 0 spiro atoms. The molecule has 0 aromatic rings. The van der Waals surface area contributed by atoms with Crippen molar-refractivity contribution in [2.24, 2.45) is 0 Å². The fraction of sp³-hybridized carbons (Fsp3) is 1.00. The first-order valence-electron chi connectivity index (χ1n) is 1.23. The van der Waals surface area contributed by atoms with Gasteiger partial charge in [-0.25, -0.2) is 0 Å². The van der Waals surface area contributed by atoms with Crippen LogP contribution in [0.25, 0.3) is 0 Å². The first-order valence-corrected chi connectivity index (χ1v) is 6.18. The van der Waals surface area contributed by atoms with Crippen LogP contribution in [0.4, 0.5) is 13.2 Å². The van der Waals surface area contributed by atoms with Crippen LogP contribution in [0.2, 0.25) is 0 Å². The van der Waals surface area contributed by atoms with Gasteiger partial charge in [-0.1, -0.05) is 0 Å². The number of hydrogen-bond acceptors (Lipinski definition) is 1. The van der Waals surface area contributed by atoms with E-state index in [0.717, 1.165) is 0 Å². The van der Waals surface area contributed by atoms with E-state index < -0.39 is 14.7 Å². The molecule has 0 aliphatic rings. The summed E-state index contributed by atoms with van der Waals surface area (Å²) >= 11 is -0.233. The summed E-state index contributed by atoms with van der Waals surface area (Å²) in [6, 6.07) is 0. The van der Waals surface area contributed by atoms with Gasteiger partial charge < -0.3 is 0 Å². The molecule has 0 aromatic heterocycles. The van der Waals surface area contributed by atoms with Crippen molar-refractivity contribution in [1.82, 2.24) is 0 Å². The molecule has 0 rings (SSSR count). The van der Waals surface area contributed by atoms with Gasteiger partial charge in [0.2, 0.25) is 0 Å². The maximum absolute atomic E-state index is 10.9. The minimum atomic E-state index is -4.47. The summed E-state index contributed by atoms with van der Waals surface area (Å²) in [6.45, 7) is 0. The number of halogens is 3. The number of hydrogen-bond donors (Lipinski definition) is 0. The van der Waals surface area contributed by atoms with Gasteiger partial charge in [0, 0.05) is 0 Å². The van der Waals surface area contributed by atoms with Crippen LogP contribution in [0.1, 0.15) is 0 Å². The first kappa shape index (κ1) is 7.72. The molecular weight excluding hydrogens is 182 g/mol. The normalized spacial score (nSPS) is 16.9. The number of alkyl halides is 3. The Labute approximate surface area is 50.0 Å². The molecule has 0 saturated heterocycles. The second kappa shape index (κ2) is 2.33. The van der Waals surface area contributed by atoms with Crippen molar-refractivity contribution in [1.29, 1.82) is 0 Å². The third-order valence-electron chi connectivity index (χ3n) is 0.258. The molecule has 0 N–H and O–H groups in total. The molecular formula is CF3OSZn. The zero-order valence-electron chi connectivity index (χ0n) is 3.16. The molecule has 6 heteroatoms. The van der Waals surface area contributed by atoms with Gasteiger partial charge in [-0.3, -0.25) is 0 Å². The quantitative estimate of drug-likeness (QED) is 0.400. The third-order valence-corrected chi connectivity index (χ3v) is 2.83. The van der Waals surface area contributed by atoms with Crippen molar-refractivity contribution in [3.8, 4) is 0 Å². The zero-order chi connectivity index (χ0) is 6.08. The molecule has 0 aromatic carbocycles. The fourth-order valence-electron chi connectivity index (χ4n) is 0. The monoisotopic (exact) mass is 181 g/mol. The van der Waals surface area contributed by atoms with Gasteiger partial charge in [-0.05, 0) is 0 Å². The molecule has 0 saturated carbocycles. The molecule has 1 atom stereocenters. The van der Waals surface area contributed by atoms with E-state index in [1.807, 2.05) is 0 Å². The summed E-state index contributed by atoms with van der Waals surface area (Å²) in [4.78, 5) is 0. The number of rotatable bonds is 0. The van der Waals surface area contributed by atoms with Gasteiger partial charge in [0.25, 0.3) is 0 Å². The van der Waals surface area contributed by atoms with Gasteiger partial charge in [0.1, 0.15) is 0 Å². The van der Waals surface area contributed by atoms with Gasteiger partial charge in [-0.2, -0.15) is 0 Å². The molecule has 0 bridgehead atoms. The Bertz CT molecular complexity index is 60.4. The summed E-state index contributed by atoms with van der Waals surface area (Å²) in [5, 5.41) is 0. The molecule has 0 fully saturated rings. The Morgan fingerprint density at radius 3 is 1.57 bits per heavy atom. The van der Waals surface area contributed by atoms with Crippen molar-refractivity contribution >= 4 is 9.17 Å². The maximum atomic E-state index is 10.9. The van der Waals surface area contributed by atoms with Crippen molar-refractivity contribution in [3.63, 3.8) is 0 Å². The molecule has 39 valence electrons. The van der Waals surface area contributed by atoms with Gasteiger partial charge >= 0.3 is 49.5 Å². The summed E-state index contributed by atoms with van der Waals surface area (Å²) in [5.74, 6) is 0. The van der Waals surface area contributed by atoms with Crippen LogP contribution in [0, 0.1) is 0 Å². The van der Waals surface area contributed by atoms with E-state index >= 15 is 0 Å². The Balaban J connectivity index is 3.54. The van der Waals surface area contributed by atoms with Crippen molar-refractivity contribution in [2.75, 3.05) is 0 Å². The van der Waals surface area contributed by atoms with Crippen molar-refractivity contribution < 1.29 is 34.8 Å². The minimum absolute atomic E-state index is 0.233. The molecule has 1 nitrogen and oxygen atoms in total. The molecule has 7 heavy (non-hydrogen) atoms. The second-order valence-corrected chi connectivity index (χ2v) is 5.25. The summed E-state index contributed by atoms with van der Waals surface area (Å²) in [5.41, 5.74) is -4.47. The average Bonchev–Trinajstić information content (AvgIpc) is 1.31. The molecule has 0 aliphatic heterocycles. The Hall–Kier alpha value is 0.723. The third kappa shape index (κ3) is 3.32. The van der Waals surface area contributed by atoms with Crippen LogP contribution in [-0.2, 0) is 26.3 Å². The van der Waals surface area contributed by atoms with Crippen molar-refractivity contribution in [3.05, 3.63) is 0 Å². The predicted molar refractivity (Wildman–Crippen MR) is 14.2 cm³/mol. The molecule has 0 amide bonds. The first-order chi connectivity index (χ1) is 2.94. The zero-order valence-corrected chi connectivity index (χ0v) is 6.94. The van der Waals surface area contributed by atoms with Crippen LogP contribution < -0.4 is 0 Å².